The second-order valence-electron chi connectivity index (χ2n) is 6.75. The number of fused-ring (bicyclic) bond motifs is 2. The summed E-state index contributed by atoms with van der Waals surface area (Å²) in [6.45, 7) is 5.94. The van der Waals surface area contributed by atoms with Crippen molar-refractivity contribution in [1.82, 2.24) is 0 Å². The molecule has 0 saturated carbocycles. The van der Waals surface area contributed by atoms with Gasteiger partial charge in [0, 0.05) is 34.7 Å². The first kappa shape index (κ1) is 16.4. The average Bonchev–Trinajstić information content (AvgIpc) is 2.89. The maximum Gasteiger partial charge on any atom is 0.336 e. The Bertz CT molecular complexity index is 1080. The van der Waals surface area contributed by atoms with Crippen LogP contribution in [0.1, 0.15) is 41.3 Å². The summed E-state index contributed by atoms with van der Waals surface area (Å²) in [5.74, 6) is 0.640. The van der Waals surface area contributed by atoms with Gasteiger partial charge in [-0.2, -0.15) is 0 Å². The highest BCUT2D eigenvalue weighted by Gasteiger charge is 2.31. The lowest BCUT2D eigenvalue weighted by atomic mass is 9.97. The van der Waals surface area contributed by atoms with Crippen molar-refractivity contribution in [2.45, 2.75) is 32.8 Å². The average molecular weight is 349 g/mol. The fraction of sp³-hybridized carbons (Fsp3) is 0.238. The Morgan fingerprint density at radius 1 is 1.12 bits per heavy atom. The molecule has 1 amide bonds. The Labute approximate surface area is 150 Å². The largest absolute Gasteiger partial charge is 0.489 e. The molecule has 5 heteroatoms. The molecular formula is C21H19NO4. The first-order valence-corrected chi connectivity index (χ1v) is 8.59. The van der Waals surface area contributed by atoms with E-state index in [2.05, 4.69) is 12.2 Å². The summed E-state index contributed by atoms with van der Waals surface area (Å²) in [4.78, 5) is 24.4. The van der Waals surface area contributed by atoms with E-state index >= 15 is 0 Å². The minimum Gasteiger partial charge on any atom is -0.489 e. The smallest absolute Gasteiger partial charge is 0.336 e. The third-order valence-electron chi connectivity index (χ3n) is 5.00. The normalized spacial score (nSPS) is 18.4. The number of nitrogens with one attached hydrogen (secondary N) is 1. The Morgan fingerprint density at radius 2 is 1.92 bits per heavy atom. The van der Waals surface area contributed by atoms with Crippen LogP contribution in [0.4, 0.5) is 5.69 Å². The van der Waals surface area contributed by atoms with Crippen molar-refractivity contribution in [3.05, 3.63) is 69.6 Å². The molecule has 0 radical (unpaired) electrons. The van der Waals surface area contributed by atoms with Crippen LogP contribution in [0.3, 0.4) is 0 Å². The highest BCUT2D eigenvalue weighted by atomic mass is 16.5. The van der Waals surface area contributed by atoms with Crippen molar-refractivity contribution in [2.75, 3.05) is 5.32 Å². The molecule has 0 fully saturated rings. The van der Waals surface area contributed by atoms with Crippen LogP contribution < -0.4 is 15.7 Å². The van der Waals surface area contributed by atoms with Crippen LogP contribution in [-0.2, 0) is 0 Å². The van der Waals surface area contributed by atoms with Crippen molar-refractivity contribution in [1.29, 1.82) is 0 Å². The van der Waals surface area contributed by atoms with Gasteiger partial charge in [0.1, 0.15) is 17.4 Å². The summed E-state index contributed by atoms with van der Waals surface area (Å²) in [7, 11) is 0. The molecule has 0 saturated heterocycles. The molecule has 132 valence electrons. The van der Waals surface area contributed by atoms with Crippen LogP contribution in [0.2, 0.25) is 0 Å². The van der Waals surface area contributed by atoms with Crippen LogP contribution in [0, 0.1) is 6.92 Å². The number of carbonyl (C=O) groups is 1. The predicted octanol–water partition coefficient (Wildman–Crippen LogP) is 4.24. The van der Waals surface area contributed by atoms with Gasteiger partial charge in [-0.25, -0.2) is 4.79 Å². The fourth-order valence-corrected chi connectivity index (χ4v) is 3.37. The van der Waals surface area contributed by atoms with Gasteiger partial charge in [-0.3, -0.25) is 4.79 Å². The van der Waals surface area contributed by atoms with E-state index < -0.39 is 5.63 Å². The zero-order valence-electron chi connectivity index (χ0n) is 14.8. The van der Waals surface area contributed by atoms with Gasteiger partial charge in [-0.05, 0) is 37.6 Å². The maximum atomic E-state index is 12.8. The first-order chi connectivity index (χ1) is 12.4. The van der Waals surface area contributed by atoms with Crippen LogP contribution in [-0.4, -0.2) is 12.0 Å². The van der Waals surface area contributed by atoms with Gasteiger partial charge in [-0.1, -0.05) is 19.1 Å². The molecule has 2 heterocycles. The number of ether oxygens (including phenoxy) is 1. The highest BCUT2D eigenvalue weighted by Crippen LogP contribution is 2.40. The van der Waals surface area contributed by atoms with Gasteiger partial charge >= 0.3 is 5.63 Å². The molecule has 0 spiro atoms. The van der Waals surface area contributed by atoms with Gasteiger partial charge in [0.2, 0.25) is 0 Å². The lowest BCUT2D eigenvalue weighted by molar-refractivity contribution is 0.102. The summed E-state index contributed by atoms with van der Waals surface area (Å²) >= 11 is 0. The SMILES string of the molecule is Cc1cc(=O)oc2cc(NC(=O)c3cccc4c3OC(C)C4C)ccc12. The molecular weight excluding hydrogens is 330 g/mol. The number of hydrogen-bond donors (Lipinski definition) is 1. The van der Waals surface area contributed by atoms with Crippen molar-refractivity contribution in [2.24, 2.45) is 0 Å². The number of anilines is 1. The number of rotatable bonds is 2. The lowest BCUT2D eigenvalue weighted by Gasteiger charge is -2.10. The molecule has 1 aliphatic rings. The van der Waals surface area contributed by atoms with E-state index in [4.69, 9.17) is 9.15 Å². The molecule has 1 aromatic heterocycles. The Morgan fingerprint density at radius 3 is 2.73 bits per heavy atom. The minimum atomic E-state index is -0.407. The molecule has 3 aromatic rings. The molecule has 0 aliphatic carbocycles. The van der Waals surface area contributed by atoms with Crippen molar-refractivity contribution in [3.8, 4) is 5.75 Å². The quantitative estimate of drug-likeness (QED) is 0.703. The zero-order valence-corrected chi connectivity index (χ0v) is 14.8. The van der Waals surface area contributed by atoms with Crippen molar-refractivity contribution >= 4 is 22.6 Å². The summed E-state index contributed by atoms with van der Waals surface area (Å²) in [5.41, 5.74) is 2.99. The van der Waals surface area contributed by atoms with Gasteiger partial charge in [0.05, 0.1) is 5.56 Å². The highest BCUT2D eigenvalue weighted by molar-refractivity contribution is 6.07. The molecule has 2 atom stereocenters. The number of hydrogen-bond acceptors (Lipinski definition) is 4. The number of para-hydroxylation sites is 1. The maximum absolute atomic E-state index is 12.8. The molecule has 1 N–H and O–H groups in total. The lowest BCUT2D eigenvalue weighted by Crippen LogP contribution is -2.14. The Hall–Kier alpha value is -3.08. The monoisotopic (exact) mass is 349 g/mol. The third kappa shape index (κ3) is 2.65. The molecule has 5 nitrogen and oxygen atoms in total. The van der Waals surface area contributed by atoms with Crippen LogP contribution in [0.5, 0.6) is 5.75 Å². The van der Waals surface area contributed by atoms with Crippen molar-refractivity contribution in [3.63, 3.8) is 0 Å². The van der Waals surface area contributed by atoms with E-state index in [1.54, 1.807) is 18.2 Å². The Kier molecular flexibility index (Phi) is 3.80. The predicted molar refractivity (Wildman–Crippen MR) is 100 cm³/mol. The van der Waals surface area contributed by atoms with Gasteiger partial charge < -0.3 is 14.5 Å². The van der Waals surface area contributed by atoms with E-state index in [-0.39, 0.29) is 17.9 Å². The number of benzene rings is 2. The molecule has 2 unspecified atom stereocenters. The number of carbonyl (C=O) groups excluding carboxylic acids is 1. The van der Waals surface area contributed by atoms with Gasteiger partial charge in [-0.15, -0.1) is 0 Å². The summed E-state index contributed by atoms with van der Waals surface area (Å²) in [6, 6.07) is 12.4. The van der Waals surface area contributed by atoms with E-state index in [1.165, 1.54) is 6.07 Å². The molecule has 4 rings (SSSR count). The van der Waals surface area contributed by atoms with Crippen LogP contribution >= 0.6 is 0 Å². The Balaban J connectivity index is 1.68. The second kappa shape index (κ2) is 6.02. The molecule has 0 bridgehead atoms. The second-order valence-corrected chi connectivity index (χ2v) is 6.75. The standard InChI is InChI=1S/C21H19NO4/c1-11-9-19(23)26-18-10-14(7-8-15(11)18)22-21(24)17-6-4-5-16-12(2)13(3)25-20(16)17/h4-10,12-13H,1-3H3,(H,22,24). The van der Waals surface area contributed by atoms with E-state index in [9.17, 15) is 9.59 Å². The third-order valence-corrected chi connectivity index (χ3v) is 5.00. The molecule has 2 aromatic carbocycles. The van der Waals surface area contributed by atoms with Gasteiger partial charge in [0.25, 0.3) is 5.91 Å². The summed E-state index contributed by atoms with van der Waals surface area (Å²) in [6.07, 6.45) is 0.0388. The van der Waals surface area contributed by atoms with E-state index in [1.807, 2.05) is 32.0 Å². The van der Waals surface area contributed by atoms with Crippen molar-refractivity contribution < 1.29 is 13.9 Å². The molecule has 26 heavy (non-hydrogen) atoms. The summed E-state index contributed by atoms with van der Waals surface area (Å²) < 4.78 is 11.1. The topological polar surface area (TPSA) is 68.5 Å². The number of aryl methyl sites for hydroxylation is 1. The fourth-order valence-electron chi connectivity index (χ4n) is 3.37. The summed E-state index contributed by atoms with van der Waals surface area (Å²) in [5, 5.41) is 3.71. The van der Waals surface area contributed by atoms with Gasteiger partial charge in [0.15, 0.2) is 0 Å². The minimum absolute atomic E-state index is 0.0388. The van der Waals surface area contributed by atoms with E-state index in [0.29, 0.717) is 22.6 Å². The first-order valence-electron chi connectivity index (χ1n) is 8.59. The number of amides is 1. The van der Waals surface area contributed by atoms with Crippen LogP contribution in [0.25, 0.3) is 11.0 Å². The van der Waals surface area contributed by atoms with Crippen LogP contribution in [0.15, 0.2) is 51.7 Å². The van der Waals surface area contributed by atoms with E-state index in [0.717, 1.165) is 16.5 Å². The zero-order chi connectivity index (χ0) is 18.4. The molecule has 1 aliphatic heterocycles.